The summed E-state index contributed by atoms with van der Waals surface area (Å²) in [6.07, 6.45) is 55.7. The van der Waals surface area contributed by atoms with Gasteiger partial charge in [0.05, 0.1) is 26.4 Å². The van der Waals surface area contributed by atoms with E-state index in [4.69, 9.17) is 37.0 Å². The number of esters is 4. The molecule has 0 radical (unpaired) electrons. The maximum absolute atomic E-state index is 13.1. The van der Waals surface area contributed by atoms with E-state index in [0.29, 0.717) is 31.6 Å². The topological polar surface area (TPSA) is 237 Å². The van der Waals surface area contributed by atoms with Gasteiger partial charge in [-0.05, 0) is 43.4 Å². The lowest BCUT2D eigenvalue weighted by molar-refractivity contribution is -0.161. The van der Waals surface area contributed by atoms with Crippen molar-refractivity contribution < 1.29 is 80.2 Å². The average Bonchev–Trinajstić information content (AvgIpc) is 1.24. The Morgan fingerprint density at radius 3 is 0.701 bits per heavy atom. The Hall–Kier alpha value is -1.94. The van der Waals surface area contributed by atoms with Gasteiger partial charge in [-0.25, -0.2) is 9.13 Å². The SMILES string of the molecule is CCCCCCCCCCCC(=O)OC[C@H](COP(=O)(O)OC[C@H](O)COP(=O)(O)OC[C@@H](COC(=O)CCCCCCCCCCCCCCCCCCC(C)C)OC(=O)CCCCCCCCCCCCCCCCCCC(C)C)OC(=O)CCCCCCCCCC(C)C. The minimum Gasteiger partial charge on any atom is -0.462 e. The molecular formula is C78H152O17P2. The third kappa shape index (κ3) is 72.2. The molecule has 0 bridgehead atoms. The summed E-state index contributed by atoms with van der Waals surface area (Å²) in [6, 6.07) is 0. The number of phosphoric acid groups is 2. The zero-order valence-corrected chi connectivity index (χ0v) is 65.3. The highest BCUT2D eigenvalue weighted by molar-refractivity contribution is 7.47. The smallest absolute Gasteiger partial charge is 0.462 e. The van der Waals surface area contributed by atoms with E-state index in [1.165, 1.54) is 212 Å². The van der Waals surface area contributed by atoms with Gasteiger partial charge in [-0.1, -0.05) is 350 Å². The van der Waals surface area contributed by atoms with Gasteiger partial charge in [-0.15, -0.1) is 0 Å². The van der Waals surface area contributed by atoms with Crippen molar-refractivity contribution in [1.29, 1.82) is 0 Å². The molecule has 5 atom stereocenters. The molecule has 0 fully saturated rings. The Bertz CT molecular complexity index is 1890. The lowest BCUT2D eigenvalue weighted by atomic mass is 10.0. The number of phosphoric ester groups is 2. The number of carbonyl (C=O) groups excluding carboxylic acids is 4. The molecule has 0 aromatic carbocycles. The summed E-state index contributed by atoms with van der Waals surface area (Å²) < 4.78 is 68.5. The van der Waals surface area contributed by atoms with Crippen molar-refractivity contribution in [3.8, 4) is 0 Å². The summed E-state index contributed by atoms with van der Waals surface area (Å²) in [5.74, 6) is 0.199. The summed E-state index contributed by atoms with van der Waals surface area (Å²) in [5, 5.41) is 10.6. The fourth-order valence-electron chi connectivity index (χ4n) is 12.0. The molecular weight excluding hydrogens is 1270 g/mol. The lowest BCUT2D eigenvalue weighted by Gasteiger charge is -2.21. The van der Waals surface area contributed by atoms with Crippen LogP contribution in [0.3, 0.4) is 0 Å². The maximum atomic E-state index is 13.1. The van der Waals surface area contributed by atoms with Crippen LogP contribution in [0.25, 0.3) is 0 Å². The summed E-state index contributed by atoms with van der Waals surface area (Å²) in [6.45, 7) is 11.9. The first-order valence-electron chi connectivity index (χ1n) is 40.3. The molecule has 0 amide bonds. The Morgan fingerprint density at radius 2 is 0.474 bits per heavy atom. The van der Waals surface area contributed by atoms with Gasteiger partial charge in [0.25, 0.3) is 0 Å². The normalized spacial score (nSPS) is 14.0. The summed E-state index contributed by atoms with van der Waals surface area (Å²) in [4.78, 5) is 72.8. The second-order valence-corrected chi connectivity index (χ2v) is 32.4. The first-order chi connectivity index (χ1) is 46.7. The predicted molar refractivity (Wildman–Crippen MR) is 395 cm³/mol. The van der Waals surface area contributed by atoms with Gasteiger partial charge in [0.15, 0.2) is 12.2 Å². The van der Waals surface area contributed by atoms with Crippen LogP contribution in [0.5, 0.6) is 0 Å². The number of ether oxygens (including phenoxy) is 4. The number of unbranched alkanes of at least 4 members (excludes halogenated alkanes) is 44. The van der Waals surface area contributed by atoms with Crippen LogP contribution in [-0.4, -0.2) is 96.7 Å². The molecule has 0 spiro atoms. The molecule has 97 heavy (non-hydrogen) atoms. The first kappa shape index (κ1) is 95.1. The highest BCUT2D eigenvalue weighted by Gasteiger charge is 2.30. The van der Waals surface area contributed by atoms with E-state index < -0.39 is 97.5 Å². The first-order valence-corrected chi connectivity index (χ1v) is 43.3. The Kier molecular flexibility index (Phi) is 67.1. The largest absolute Gasteiger partial charge is 0.472 e. The lowest BCUT2D eigenvalue weighted by Crippen LogP contribution is -2.30. The molecule has 576 valence electrons. The van der Waals surface area contributed by atoms with E-state index in [9.17, 15) is 43.2 Å². The molecule has 0 aliphatic rings. The van der Waals surface area contributed by atoms with Gasteiger partial charge in [-0.3, -0.25) is 37.3 Å². The van der Waals surface area contributed by atoms with Crippen molar-refractivity contribution in [3.63, 3.8) is 0 Å². The number of hydrogen-bond donors (Lipinski definition) is 3. The fraction of sp³-hybridized carbons (Fsp3) is 0.949. The molecule has 0 saturated heterocycles. The second kappa shape index (κ2) is 68.5. The van der Waals surface area contributed by atoms with Crippen molar-refractivity contribution in [1.82, 2.24) is 0 Å². The van der Waals surface area contributed by atoms with Crippen LogP contribution in [0.4, 0.5) is 0 Å². The van der Waals surface area contributed by atoms with Gasteiger partial charge in [0.2, 0.25) is 0 Å². The molecule has 3 N–H and O–H groups in total. The third-order valence-corrected chi connectivity index (χ3v) is 20.0. The Balaban J connectivity index is 5.19. The molecule has 17 nitrogen and oxygen atoms in total. The molecule has 0 saturated carbocycles. The molecule has 0 aliphatic carbocycles. The summed E-state index contributed by atoms with van der Waals surface area (Å²) >= 11 is 0. The monoisotopic (exact) mass is 1420 g/mol. The summed E-state index contributed by atoms with van der Waals surface area (Å²) in [5.41, 5.74) is 0. The van der Waals surface area contributed by atoms with Crippen LogP contribution < -0.4 is 0 Å². The predicted octanol–water partition coefficient (Wildman–Crippen LogP) is 23.0. The molecule has 0 aromatic rings. The zero-order chi connectivity index (χ0) is 71.6. The van der Waals surface area contributed by atoms with Crippen LogP contribution in [0.1, 0.15) is 402 Å². The second-order valence-electron chi connectivity index (χ2n) is 29.5. The highest BCUT2D eigenvalue weighted by atomic mass is 31.2. The van der Waals surface area contributed by atoms with Crippen LogP contribution in [0.15, 0.2) is 0 Å². The number of carbonyl (C=O) groups is 4. The van der Waals surface area contributed by atoms with Crippen LogP contribution in [-0.2, 0) is 65.4 Å². The Labute approximate surface area is 594 Å². The van der Waals surface area contributed by atoms with E-state index in [-0.39, 0.29) is 25.7 Å². The molecule has 0 heterocycles. The van der Waals surface area contributed by atoms with Gasteiger partial charge in [-0.2, -0.15) is 0 Å². The molecule has 0 rings (SSSR count). The van der Waals surface area contributed by atoms with Gasteiger partial charge < -0.3 is 33.8 Å². The highest BCUT2D eigenvalue weighted by Crippen LogP contribution is 2.45. The van der Waals surface area contributed by atoms with E-state index >= 15 is 0 Å². The van der Waals surface area contributed by atoms with Crippen LogP contribution in [0.2, 0.25) is 0 Å². The van der Waals surface area contributed by atoms with E-state index in [2.05, 4.69) is 48.5 Å². The Morgan fingerprint density at radius 1 is 0.278 bits per heavy atom. The van der Waals surface area contributed by atoms with Crippen molar-refractivity contribution in [3.05, 3.63) is 0 Å². The zero-order valence-electron chi connectivity index (χ0n) is 63.5. The van der Waals surface area contributed by atoms with E-state index in [1.807, 2.05) is 0 Å². The third-order valence-electron chi connectivity index (χ3n) is 18.1. The minimum atomic E-state index is -4.96. The van der Waals surface area contributed by atoms with Crippen LogP contribution >= 0.6 is 15.6 Å². The van der Waals surface area contributed by atoms with E-state index in [0.717, 1.165) is 102 Å². The van der Waals surface area contributed by atoms with Crippen molar-refractivity contribution in [2.75, 3.05) is 39.6 Å². The number of aliphatic hydroxyl groups excluding tert-OH is 1. The number of rotatable bonds is 76. The van der Waals surface area contributed by atoms with Crippen molar-refractivity contribution >= 4 is 39.5 Å². The fourth-order valence-corrected chi connectivity index (χ4v) is 13.5. The van der Waals surface area contributed by atoms with Crippen molar-refractivity contribution in [2.45, 2.75) is 420 Å². The van der Waals surface area contributed by atoms with Gasteiger partial charge in [0, 0.05) is 25.7 Å². The summed E-state index contributed by atoms with van der Waals surface area (Å²) in [7, 11) is -9.91. The van der Waals surface area contributed by atoms with Gasteiger partial charge in [0.1, 0.15) is 19.3 Å². The molecule has 19 heteroatoms. The van der Waals surface area contributed by atoms with Crippen LogP contribution in [0, 0.1) is 17.8 Å². The maximum Gasteiger partial charge on any atom is 0.472 e. The molecule has 0 aromatic heterocycles. The quantitative estimate of drug-likeness (QED) is 0.0222. The van der Waals surface area contributed by atoms with E-state index in [1.54, 1.807) is 0 Å². The van der Waals surface area contributed by atoms with Crippen molar-refractivity contribution in [2.24, 2.45) is 17.8 Å². The minimum absolute atomic E-state index is 0.103. The number of aliphatic hydroxyl groups is 1. The molecule has 2 unspecified atom stereocenters. The average molecular weight is 1420 g/mol. The number of hydrogen-bond acceptors (Lipinski definition) is 15. The standard InChI is InChI=1S/C78H152O17P2/c1-8-9-10-11-12-29-38-45-52-59-75(80)88-66-74(95-78(83)62-55-48-41-34-37-44-51-58-71(6)7)68-93-97(86,87)91-64-72(79)63-90-96(84,85)92-67-73(94-77(82)61-54-47-40-33-28-24-20-16-14-18-22-26-31-36-43-50-57-70(4)5)65-89-76(81)60-53-46-39-32-27-23-19-15-13-17-21-25-30-35-42-49-56-69(2)3/h69-74,79H,8-68H2,1-7H3,(H,84,85)(H,86,87)/t72-,73-,74-/m1/s1. The van der Waals surface area contributed by atoms with Gasteiger partial charge >= 0.3 is 39.5 Å². The molecule has 0 aliphatic heterocycles.